The number of ether oxygens (including phenoxy) is 2. The van der Waals surface area contributed by atoms with Crippen LogP contribution in [0, 0.1) is 11.8 Å². The predicted molar refractivity (Wildman–Crippen MR) is 174 cm³/mol. The molecule has 0 aromatic rings. The van der Waals surface area contributed by atoms with Crippen molar-refractivity contribution in [2.45, 2.75) is 161 Å². The van der Waals surface area contributed by atoms with Gasteiger partial charge in [0.2, 0.25) is 0 Å². The summed E-state index contributed by atoms with van der Waals surface area (Å²) in [5.74, 6) is -1.37. The first kappa shape index (κ1) is 40.0. The Labute approximate surface area is 266 Å². The number of hydrogen-bond donors (Lipinski definition) is 3. The number of hydrogen-bond acceptors (Lipinski definition) is 8. The van der Waals surface area contributed by atoms with Gasteiger partial charge in [-0.05, 0) is 32.1 Å². The molecule has 8 heteroatoms. The number of esters is 2. The minimum absolute atomic E-state index is 0.0310. The van der Waals surface area contributed by atoms with Crippen LogP contribution in [-0.2, 0) is 23.9 Å². The van der Waals surface area contributed by atoms with Crippen LogP contribution in [0.1, 0.15) is 142 Å². The van der Waals surface area contributed by atoms with E-state index in [1.54, 1.807) is 12.2 Å². The summed E-state index contributed by atoms with van der Waals surface area (Å²) in [7, 11) is 0. The summed E-state index contributed by atoms with van der Waals surface area (Å²) < 4.78 is 10.5. The average Bonchev–Trinajstić information content (AvgIpc) is 3.27. The molecule has 0 bridgehead atoms. The Kier molecular flexibility index (Phi) is 23.8. The molecule has 0 radical (unpaired) electrons. The number of Topliss-reactive ketones (excluding diaryl/α,β-unsaturated/α-hetero) is 1. The van der Waals surface area contributed by atoms with Gasteiger partial charge in [-0.1, -0.05) is 115 Å². The number of unbranched alkanes of at least 4 members (excludes halogenated alkanes) is 12. The van der Waals surface area contributed by atoms with Crippen LogP contribution in [0.2, 0.25) is 0 Å². The molecule has 0 aromatic carbocycles. The van der Waals surface area contributed by atoms with Crippen molar-refractivity contribution in [1.82, 2.24) is 0 Å². The smallest absolute Gasteiger partial charge is 0.306 e. The summed E-state index contributed by atoms with van der Waals surface area (Å²) in [6.07, 6.45) is 23.1. The standard InChI is InChI=1S/C36H62O8/c1-3-5-7-8-9-10-11-12-13-19-23-36(42)44-30(27-37)28-43-35(41)22-18-15-14-17-21-31-32(34(40)26-33(31)39)25-24-29(38)20-16-6-4-2/h14,17,24-25,29-32,34,37-38,40H,3-13,15-16,18-23,26-28H2,1-2H3/b17-14-,25-24+/t29-,30-,31+,32+,34+/m0/s1. The maximum atomic E-state index is 12.4. The molecule has 3 N–H and O–H groups in total. The van der Waals surface area contributed by atoms with Crippen LogP contribution >= 0.6 is 0 Å². The van der Waals surface area contributed by atoms with Gasteiger partial charge in [0, 0.05) is 31.1 Å². The number of carbonyl (C=O) groups is 3. The Morgan fingerprint density at radius 3 is 2.14 bits per heavy atom. The van der Waals surface area contributed by atoms with Crippen LogP contribution < -0.4 is 0 Å². The van der Waals surface area contributed by atoms with Gasteiger partial charge in [-0.25, -0.2) is 0 Å². The molecular weight excluding hydrogens is 560 g/mol. The van der Waals surface area contributed by atoms with Crippen LogP contribution in [0.15, 0.2) is 24.3 Å². The van der Waals surface area contributed by atoms with E-state index in [0.717, 1.165) is 38.5 Å². The molecule has 0 aromatic heterocycles. The molecule has 1 rings (SSSR count). The van der Waals surface area contributed by atoms with Crippen LogP contribution in [0.5, 0.6) is 0 Å². The quantitative estimate of drug-likeness (QED) is 0.0511. The van der Waals surface area contributed by atoms with Gasteiger partial charge in [0.25, 0.3) is 0 Å². The third-order valence-electron chi connectivity index (χ3n) is 8.37. The van der Waals surface area contributed by atoms with Crippen molar-refractivity contribution in [3.63, 3.8) is 0 Å². The molecule has 0 unspecified atom stereocenters. The van der Waals surface area contributed by atoms with Gasteiger partial charge in [0.05, 0.1) is 18.8 Å². The Bertz CT molecular complexity index is 823. The predicted octanol–water partition coefficient (Wildman–Crippen LogP) is 6.92. The zero-order valence-electron chi connectivity index (χ0n) is 27.6. The summed E-state index contributed by atoms with van der Waals surface area (Å²) in [5.41, 5.74) is 0. The molecule has 0 spiro atoms. The molecule has 1 fully saturated rings. The SMILES string of the molecule is CCCCCCCCCCCCC(=O)O[C@@H](CO)COC(=O)CCC/C=C\C[C@H]1C(=O)C[C@@H](O)[C@@H]1/C=C/[C@@H](O)CCCCC. The summed E-state index contributed by atoms with van der Waals surface area (Å²) in [6.45, 7) is 3.77. The van der Waals surface area contributed by atoms with E-state index in [1.165, 1.54) is 44.9 Å². The minimum Gasteiger partial charge on any atom is -0.462 e. The zero-order valence-corrected chi connectivity index (χ0v) is 27.6. The van der Waals surface area contributed by atoms with Crippen molar-refractivity contribution in [2.24, 2.45) is 11.8 Å². The van der Waals surface area contributed by atoms with E-state index in [1.807, 2.05) is 12.2 Å². The van der Waals surface area contributed by atoms with Crippen molar-refractivity contribution in [3.8, 4) is 0 Å². The second-order valence-corrected chi connectivity index (χ2v) is 12.4. The topological polar surface area (TPSA) is 130 Å². The number of ketones is 1. The fraction of sp³-hybridized carbons (Fsp3) is 0.806. The van der Waals surface area contributed by atoms with Gasteiger partial charge < -0.3 is 24.8 Å². The summed E-state index contributed by atoms with van der Waals surface area (Å²) in [4.78, 5) is 36.6. The lowest BCUT2D eigenvalue weighted by Gasteiger charge is -2.16. The largest absolute Gasteiger partial charge is 0.462 e. The van der Waals surface area contributed by atoms with Crippen LogP contribution in [0.3, 0.4) is 0 Å². The van der Waals surface area contributed by atoms with E-state index in [0.29, 0.717) is 32.1 Å². The third-order valence-corrected chi connectivity index (χ3v) is 8.37. The summed E-state index contributed by atoms with van der Waals surface area (Å²) >= 11 is 0. The van der Waals surface area contributed by atoms with Crippen molar-refractivity contribution >= 4 is 17.7 Å². The number of carbonyl (C=O) groups excluding carboxylic acids is 3. The molecule has 1 aliphatic carbocycles. The highest BCUT2D eigenvalue weighted by Gasteiger charge is 2.39. The van der Waals surface area contributed by atoms with Crippen LogP contribution in [0.4, 0.5) is 0 Å². The second kappa shape index (κ2) is 26.2. The highest BCUT2D eigenvalue weighted by atomic mass is 16.6. The monoisotopic (exact) mass is 622 g/mol. The normalized spacial score (nSPS) is 20.0. The highest BCUT2D eigenvalue weighted by molar-refractivity contribution is 5.84. The van der Waals surface area contributed by atoms with Gasteiger partial charge in [-0.3, -0.25) is 14.4 Å². The van der Waals surface area contributed by atoms with Crippen LogP contribution in [0.25, 0.3) is 0 Å². The van der Waals surface area contributed by atoms with E-state index < -0.39 is 30.9 Å². The van der Waals surface area contributed by atoms with Crippen molar-refractivity contribution in [2.75, 3.05) is 13.2 Å². The molecule has 0 aliphatic heterocycles. The molecule has 8 nitrogen and oxygen atoms in total. The maximum absolute atomic E-state index is 12.4. The molecule has 1 saturated carbocycles. The van der Waals surface area contributed by atoms with Gasteiger partial charge in [-0.15, -0.1) is 0 Å². The molecular formula is C36H62O8. The molecule has 0 heterocycles. The van der Waals surface area contributed by atoms with E-state index in [-0.39, 0.29) is 43.0 Å². The fourth-order valence-corrected chi connectivity index (χ4v) is 5.59. The van der Waals surface area contributed by atoms with Gasteiger partial charge >= 0.3 is 11.9 Å². The van der Waals surface area contributed by atoms with E-state index in [4.69, 9.17) is 9.47 Å². The van der Waals surface area contributed by atoms with E-state index in [9.17, 15) is 29.7 Å². The second-order valence-electron chi connectivity index (χ2n) is 12.4. The molecule has 1 aliphatic rings. The molecule has 5 atom stereocenters. The Hall–Kier alpha value is -2.03. The van der Waals surface area contributed by atoms with E-state index >= 15 is 0 Å². The fourth-order valence-electron chi connectivity index (χ4n) is 5.59. The maximum Gasteiger partial charge on any atom is 0.306 e. The number of aliphatic hydroxyl groups excluding tert-OH is 3. The lowest BCUT2D eigenvalue weighted by Crippen LogP contribution is -2.28. The number of aliphatic hydroxyl groups is 3. The van der Waals surface area contributed by atoms with Crippen LogP contribution in [-0.4, -0.2) is 64.6 Å². The van der Waals surface area contributed by atoms with Crippen molar-refractivity contribution in [1.29, 1.82) is 0 Å². The molecule has 44 heavy (non-hydrogen) atoms. The first-order valence-electron chi connectivity index (χ1n) is 17.5. The Morgan fingerprint density at radius 2 is 1.48 bits per heavy atom. The Balaban J connectivity index is 2.20. The van der Waals surface area contributed by atoms with Gasteiger partial charge in [0.1, 0.15) is 12.4 Å². The number of allylic oxidation sites excluding steroid dienone is 2. The van der Waals surface area contributed by atoms with Crippen molar-refractivity contribution in [3.05, 3.63) is 24.3 Å². The molecule has 0 saturated heterocycles. The molecule has 0 amide bonds. The summed E-state index contributed by atoms with van der Waals surface area (Å²) in [5, 5.41) is 30.0. The first-order chi connectivity index (χ1) is 21.3. The lowest BCUT2D eigenvalue weighted by molar-refractivity contribution is -0.161. The average molecular weight is 623 g/mol. The van der Waals surface area contributed by atoms with Gasteiger partial charge in [0.15, 0.2) is 6.10 Å². The third kappa shape index (κ3) is 19.4. The first-order valence-corrected chi connectivity index (χ1v) is 17.5. The number of rotatable bonds is 27. The highest BCUT2D eigenvalue weighted by Crippen LogP contribution is 2.33. The zero-order chi connectivity index (χ0) is 32.4. The Morgan fingerprint density at radius 1 is 0.864 bits per heavy atom. The lowest BCUT2D eigenvalue weighted by atomic mass is 9.90. The van der Waals surface area contributed by atoms with Gasteiger partial charge in [-0.2, -0.15) is 0 Å². The molecule has 254 valence electrons. The van der Waals surface area contributed by atoms with E-state index in [2.05, 4.69) is 13.8 Å². The van der Waals surface area contributed by atoms with Crippen molar-refractivity contribution < 1.29 is 39.2 Å². The minimum atomic E-state index is -0.854. The summed E-state index contributed by atoms with van der Waals surface area (Å²) in [6, 6.07) is 0.